The minimum absolute atomic E-state index is 0.188. The van der Waals surface area contributed by atoms with E-state index in [9.17, 15) is 14.4 Å². The Bertz CT molecular complexity index is 924. The number of nitrogens with one attached hydrogen (secondary N) is 1. The van der Waals surface area contributed by atoms with Crippen molar-refractivity contribution >= 4 is 17.8 Å². The SMILES string of the molecule is COC(=O)c1c(C)[nH]c(C(=O)N2CCC(C(=O)OC)(c3ccccc3)CC2)c1C. The number of hydrogen-bond donors (Lipinski definition) is 1. The van der Waals surface area contributed by atoms with Gasteiger partial charge in [0.15, 0.2) is 0 Å². The average molecular weight is 398 g/mol. The maximum Gasteiger partial charge on any atom is 0.339 e. The molecule has 1 N–H and O–H groups in total. The Labute approximate surface area is 170 Å². The molecule has 29 heavy (non-hydrogen) atoms. The first-order valence-corrected chi connectivity index (χ1v) is 9.56. The molecule has 7 nitrogen and oxygen atoms in total. The molecule has 0 spiro atoms. The maximum absolute atomic E-state index is 13.1. The van der Waals surface area contributed by atoms with Gasteiger partial charge in [0.05, 0.1) is 25.2 Å². The molecule has 154 valence electrons. The maximum atomic E-state index is 13.1. The van der Waals surface area contributed by atoms with Crippen LogP contribution in [-0.2, 0) is 19.7 Å². The second kappa shape index (κ2) is 8.11. The lowest BCUT2D eigenvalue weighted by Crippen LogP contribution is -2.49. The molecule has 0 atom stereocenters. The van der Waals surface area contributed by atoms with Crippen molar-refractivity contribution in [1.82, 2.24) is 9.88 Å². The van der Waals surface area contributed by atoms with Crippen LogP contribution in [0.3, 0.4) is 0 Å². The fraction of sp³-hybridized carbons (Fsp3) is 0.409. The molecule has 1 aromatic heterocycles. The van der Waals surface area contributed by atoms with Crippen LogP contribution in [0.4, 0.5) is 0 Å². The van der Waals surface area contributed by atoms with Gasteiger partial charge < -0.3 is 19.4 Å². The zero-order valence-corrected chi connectivity index (χ0v) is 17.2. The van der Waals surface area contributed by atoms with Gasteiger partial charge in [-0.25, -0.2) is 4.79 Å². The highest BCUT2D eigenvalue weighted by atomic mass is 16.5. The molecule has 2 aromatic rings. The number of H-pyrrole nitrogens is 1. The highest BCUT2D eigenvalue weighted by Gasteiger charge is 2.45. The van der Waals surface area contributed by atoms with E-state index in [0.717, 1.165) is 5.56 Å². The summed E-state index contributed by atoms with van der Waals surface area (Å²) in [5.41, 5.74) is 2.09. The molecule has 1 aliphatic rings. The summed E-state index contributed by atoms with van der Waals surface area (Å²) in [5, 5.41) is 0. The molecule has 0 radical (unpaired) electrons. The third-order valence-corrected chi connectivity index (χ3v) is 5.85. The Kier molecular flexibility index (Phi) is 5.77. The lowest BCUT2D eigenvalue weighted by molar-refractivity contribution is -0.149. The monoisotopic (exact) mass is 398 g/mol. The number of hydrogen-bond acceptors (Lipinski definition) is 5. The van der Waals surface area contributed by atoms with E-state index in [4.69, 9.17) is 9.47 Å². The molecule has 1 aliphatic heterocycles. The molecule has 0 unspecified atom stereocenters. The summed E-state index contributed by atoms with van der Waals surface area (Å²) in [5.74, 6) is -0.939. The second-order valence-corrected chi connectivity index (χ2v) is 7.35. The third kappa shape index (κ3) is 3.52. The number of likely N-dealkylation sites (tertiary alicyclic amines) is 1. The Balaban J connectivity index is 1.84. The number of aryl methyl sites for hydroxylation is 1. The first kappa shape index (κ1) is 20.6. The molecular formula is C22H26N2O5. The van der Waals surface area contributed by atoms with Gasteiger partial charge in [-0.1, -0.05) is 30.3 Å². The van der Waals surface area contributed by atoms with E-state index in [-0.39, 0.29) is 11.9 Å². The number of aromatic nitrogens is 1. The molecule has 1 aromatic carbocycles. The van der Waals surface area contributed by atoms with Crippen molar-refractivity contribution in [2.45, 2.75) is 32.1 Å². The summed E-state index contributed by atoms with van der Waals surface area (Å²) in [7, 11) is 2.71. The Hall–Kier alpha value is -3.09. The smallest absolute Gasteiger partial charge is 0.339 e. The van der Waals surface area contributed by atoms with E-state index >= 15 is 0 Å². The first-order valence-electron chi connectivity index (χ1n) is 9.56. The van der Waals surface area contributed by atoms with E-state index in [1.807, 2.05) is 30.3 Å². The Morgan fingerprint density at radius 3 is 2.17 bits per heavy atom. The Morgan fingerprint density at radius 2 is 1.62 bits per heavy atom. The predicted molar refractivity (Wildman–Crippen MR) is 107 cm³/mol. The summed E-state index contributed by atoms with van der Waals surface area (Å²) in [6, 6.07) is 9.56. The number of methoxy groups -OCH3 is 2. The van der Waals surface area contributed by atoms with Gasteiger partial charge in [0.1, 0.15) is 5.69 Å². The number of carbonyl (C=O) groups excluding carboxylic acids is 3. The second-order valence-electron chi connectivity index (χ2n) is 7.35. The molecule has 0 saturated carbocycles. The van der Waals surface area contributed by atoms with Crippen molar-refractivity contribution in [1.29, 1.82) is 0 Å². The molecule has 1 fully saturated rings. The van der Waals surface area contributed by atoms with E-state index in [1.165, 1.54) is 14.2 Å². The average Bonchev–Trinajstić information content (AvgIpc) is 3.06. The molecule has 1 amide bonds. The summed E-state index contributed by atoms with van der Waals surface area (Å²) in [6.45, 7) is 4.29. The van der Waals surface area contributed by atoms with Crippen molar-refractivity contribution < 1.29 is 23.9 Å². The quantitative estimate of drug-likeness (QED) is 0.800. The number of piperidine rings is 1. The zero-order chi connectivity index (χ0) is 21.2. The van der Waals surface area contributed by atoms with Gasteiger partial charge in [0.2, 0.25) is 0 Å². The number of amides is 1. The summed E-state index contributed by atoms with van der Waals surface area (Å²) < 4.78 is 9.92. The number of carbonyl (C=O) groups is 3. The van der Waals surface area contributed by atoms with Gasteiger partial charge in [-0.2, -0.15) is 0 Å². The summed E-state index contributed by atoms with van der Waals surface area (Å²) in [4.78, 5) is 42.5. The van der Waals surface area contributed by atoms with Crippen LogP contribution in [0.5, 0.6) is 0 Å². The largest absolute Gasteiger partial charge is 0.468 e. The molecule has 0 aliphatic carbocycles. The molecule has 0 bridgehead atoms. The number of benzene rings is 1. The number of aromatic amines is 1. The topological polar surface area (TPSA) is 88.7 Å². The van der Waals surface area contributed by atoms with Crippen molar-refractivity contribution in [3.8, 4) is 0 Å². The van der Waals surface area contributed by atoms with Gasteiger partial charge in [0.25, 0.3) is 5.91 Å². The van der Waals surface area contributed by atoms with Crippen molar-refractivity contribution in [3.05, 3.63) is 58.4 Å². The Morgan fingerprint density at radius 1 is 1.00 bits per heavy atom. The number of ether oxygens (including phenoxy) is 2. The standard InChI is InChI=1S/C22H26N2O5/c1-14-17(20(26)28-3)15(2)23-18(14)19(25)24-12-10-22(11-13-24,21(27)29-4)16-8-6-5-7-9-16/h5-9,23H,10-13H2,1-4H3. The predicted octanol–water partition coefficient (Wildman–Crippen LogP) is 2.77. The number of esters is 2. The summed E-state index contributed by atoms with van der Waals surface area (Å²) >= 11 is 0. The van der Waals surface area contributed by atoms with Crippen LogP contribution in [0, 0.1) is 13.8 Å². The molecule has 3 rings (SSSR count). The number of nitrogens with zero attached hydrogens (tertiary/aromatic N) is 1. The fourth-order valence-corrected chi connectivity index (χ4v) is 4.18. The summed E-state index contributed by atoms with van der Waals surface area (Å²) in [6.07, 6.45) is 0.941. The van der Waals surface area contributed by atoms with E-state index in [1.54, 1.807) is 18.7 Å². The number of rotatable bonds is 4. The fourth-order valence-electron chi connectivity index (χ4n) is 4.18. The van der Waals surface area contributed by atoms with Crippen LogP contribution < -0.4 is 0 Å². The van der Waals surface area contributed by atoms with E-state index in [0.29, 0.717) is 48.4 Å². The molecule has 7 heteroatoms. The van der Waals surface area contributed by atoms with Crippen molar-refractivity contribution in [2.75, 3.05) is 27.3 Å². The van der Waals surface area contributed by atoms with Crippen LogP contribution in [0.2, 0.25) is 0 Å². The van der Waals surface area contributed by atoms with Gasteiger partial charge >= 0.3 is 11.9 Å². The molecule has 1 saturated heterocycles. The van der Waals surface area contributed by atoms with Crippen LogP contribution in [0.15, 0.2) is 30.3 Å². The van der Waals surface area contributed by atoms with Gasteiger partial charge in [-0.15, -0.1) is 0 Å². The normalized spacial score (nSPS) is 15.7. The highest BCUT2D eigenvalue weighted by molar-refractivity contribution is 6.00. The van der Waals surface area contributed by atoms with Crippen LogP contribution in [-0.4, -0.2) is 55.0 Å². The minimum Gasteiger partial charge on any atom is -0.468 e. The van der Waals surface area contributed by atoms with Crippen LogP contribution in [0.1, 0.15) is 50.5 Å². The van der Waals surface area contributed by atoms with Gasteiger partial charge in [-0.3, -0.25) is 9.59 Å². The lowest BCUT2D eigenvalue weighted by Gasteiger charge is -2.40. The zero-order valence-electron chi connectivity index (χ0n) is 17.2. The molecular weight excluding hydrogens is 372 g/mol. The minimum atomic E-state index is -0.759. The van der Waals surface area contributed by atoms with Gasteiger partial charge in [-0.05, 0) is 37.8 Å². The van der Waals surface area contributed by atoms with Gasteiger partial charge in [0, 0.05) is 18.8 Å². The van der Waals surface area contributed by atoms with Crippen molar-refractivity contribution in [3.63, 3.8) is 0 Å². The van der Waals surface area contributed by atoms with E-state index < -0.39 is 11.4 Å². The third-order valence-electron chi connectivity index (χ3n) is 5.85. The lowest BCUT2D eigenvalue weighted by atomic mass is 9.72. The van der Waals surface area contributed by atoms with Crippen molar-refractivity contribution in [2.24, 2.45) is 0 Å². The first-order chi connectivity index (χ1) is 13.9. The highest BCUT2D eigenvalue weighted by Crippen LogP contribution is 2.37. The van der Waals surface area contributed by atoms with Crippen LogP contribution in [0.25, 0.3) is 0 Å². The van der Waals surface area contributed by atoms with Crippen LogP contribution >= 0.6 is 0 Å². The van der Waals surface area contributed by atoms with E-state index in [2.05, 4.69) is 4.98 Å². The molecule has 2 heterocycles.